The van der Waals surface area contributed by atoms with Gasteiger partial charge in [-0.3, -0.25) is 9.69 Å². The topological polar surface area (TPSA) is 71.5 Å². The number of aromatic nitrogens is 1. The number of nitrogens with zero attached hydrogens (tertiary/aromatic N) is 2. The van der Waals surface area contributed by atoms with Gasteiger partial charge in [-0.15, -0.1) is 11.3 Å². The van der Waals surface area contributed by atoms with Crippen LogP contribution in [0.4, 0.5) is 4.79 Å². The Hall–Kier alpha value is -2.41. The molecular weight excluding hydrogens is 362 g/mol. The van der Waals surface area contributed by atoms with Gasteiger partial charge in [-0.05, 0) is 49.7 Å². The third kappa shape index (κ3) is 2.72. The largest absolute Gasteiger partial charge is 0.497 e. The van der Waals surface area contributed by atoms with Crippen molar-refractivity contribution in [2.45, 2.75) is 37.8 Å². The Kier molecular flexibility index (Phi) is 3.75. The van der Waals surface area contributed by atoms with Crippen LogP contribution >= 0.6 is 11.3 Å². The van der Waals surface area contributed by atoms with Crippen LogP contribution in [0.1, 0.15) is 31.4 Å². The first kappa shape index (κ1) is 16.7. The zero-order chi connectivity index (χ0) is 18.6. The van der Waals surface area contributed by atoms with Gasteiger partial charge < -0.3 is 10.1 Å². The van der Waals surface area contributed by atoms with Crippen LogP contribution in [0, 0.1) is 11.8 Å². The zero-order valence-electron chi connectivity index (χ0n) is 15.1. The lowest BCUT2D eigenvalue weighted by atomic mass is 9.87. The molecule has 1 aromatic carbocycles. The second-order valence-corrected chi connectivity index (χ2v) is 8.47. The van der Waals surface area contributed by atoms with Gasteiger partial charge in [0.25, 0.3) is 5.91 Å². The van der Waals surface area contributed by atoms with E-state index in [1.807, 2.05) is 29.6 Å². The maximum Gasteiger partial charge on any atom is 0.325 e. The Bertz CT molecular complexity index is 905. The van der Waals surface area contributed by atoms with Gasteiger partial charge in [0.05, 0.1) is 19.3 Å². The Morgan fingerprint density at radius 1 is 1.26 bits per heavy atom. The average molecular weight is 383 g/mol. The summed E-state index contributed by atoms with van der Waals surface area (Å²) >= 11 is 1.51. The standard InChI is InChI=1S/C20H21N3O3S/c1-26-16-4-2-3-12(9-16)17-21-15(11-27-17)10-23-18(24)20(13-5-6-13,14-7-8-14)22-19(23)25/h2-4,9,11,13-14H,5-8,10H2,1H3,(H,22,25). The molecule has 3 fully saturated rings. The van der Waals surface area contributed by atoms with Crippen LogP contribution in [-0.2, 0) is 11.3 Å². The summed E-state index contributed by atoms with van der Waals surface area (Å²) in [4.78, 5) is 31.8. The SMILES string of the molecule is COc1cccc(-c2nc(CN3C(=O)NC(C4CC4)(C4CC4)C3=O)cs2)c1. The molecule has 3 aliphatic rings. The highest BCUT2D eigenvalue weighted by Crippen LogP contribution is 2.54. The van der Waals surface area contributed by atoms with E-state index in [-0.39, 0.29) is 18.5 Å². The minimum absolute atomic E-state index is 0.0477. The highest BCUT2D eigenvalue weighted by molar-refractivity contribution is 7.13. The summed E-state index contributed by atoms with van der Waals surface area (Å²) in [7, 11) is 1.63. The molecular formula is C20H21N3O3S. The molecule has 0 radical (unpaired) electrons. The van der Waals surface area contributed by atoms with E-state index in [0.717, 1.165) is 47.7 Å². The first-order valence-electron chi connectivity index (χ1n) is 9.35. The molecule has 1 saturated heterocycles. The van der Waals surface area contributed by atoms with Gasteiger partial charge in [-0.25, -0.2) is 9.78 Å². The van der Waals surface area contributed by atoms with Crippen molar-refractivity contribution in [3.05, 3.63) is 35.3 Å². The summed E-state index contributed by atoms with van der Waals surface area (Å²) in [5.41, 5.74) is 1.07. The Morgan fingerprint density at radius 3 is 2.67 bits per heavy atom. The van der Waals surface area contributed by atoms with Gasteiger partial charge in [0.15, 0.2) is 0 Å². The average Bonchev–Trinajstić information content (AvgIpc) is 3.61. The van der Waals surface area contributed by atoms with Crippen molar-refractivity contribution < 1.29 is 14.3 Å². The Morgan fingerprint density at radius 2 is 2.00 bits per heavy atom. The molecule has 0 bridgehead atoms. The molecule has 2 saturated carbocycles. The first-order valence-corrected chi connectivity index (χ1v) is 10.2. The Balaban J connectivity index is 1.37. The molecule has 3 amide bonds. The molecule has 0 unspecified atom stereocenters. The Labute approximate surface area is 161 Å². The van der Waals surface area contributed by atoms with Crippen LogP contribution in [0.5, 0.6) is 5.75 Å². The molecule has 0 spiro atoms. The molecule has 27 heavy (non-hydrogen) atoms. The number of carbonyl (C=O) groups excluding carboxylic acids is 2. The van der Waals surface area contributed by atoms with Crippen LogP contribution in [0.3, 0.4) is 0 Å². The quantitative estimate of drug-likeness (QED) is 0.776. The fourth-order valence-electron chi connectivity index (χ4n) is 4.15. The maximum atomic E-state index is 13.2. The van der Waals surface area contributed by atoms with E-state index in [1.165, 1.54) is 16.2 Å². The third-order valence-corrected chi connectivity index (χ3v) is 6.73. The number of urea groups is 1. The lowest BCUT2D eigenvalue weighted by molar-refractivity contribution is -0.133. The number of nitrogens with one attached hydrogen (secondary N) is 1. The number of thiazole rings is 1. The highest BCUT2D eigenvalue weighted by atomic mass is 32.1. The van der Waals surface area contributed by atoms with Crippen LogP contribution < -0.4 is 10.1 Å². The molecule has 5 rings (SSSR count). The van der Waals surface area contributed by atoms with E-state index in [2.05, 4.69) is 10.3 Å². The molecule has 2 aromatic rings. The van der Waals surface area contributed by atoms with E-state index >= 15 is 0 Å². The summed E-state index contributed by atoms with van der Waals surface area (Å²) in [6.07, 6.45) is 4.14. The van der Waals surface area contributed by atoms with E-state index < -0.39 is 5.54 Å². The summed E-state index contributed by atoms with van der Waals surface area (Å²) in [5.74, 6) is 1.36. The van der Waals surface area contributed by atoms with Crippen LogP contribution in [-0.4, -0.2) is 34.5 Å². The monoisotopic (exact) mass is 383 g/mol. The number of benzene rings is 1. The van der Waals surface area contributed by atoms with Crippen molar-refractivity contribution in [2.75, 3.05) is 7.11 Å². The predicted octanol–water partition coefficient (Wildman–Crippen LogP) is 3.43. The number of rotatable bonds is 6. The third-order valence-electron chi connectivity index (χ3n) is 5.79. The molecule has 1 aromatic heterocycles. The fraction of sp³-hybridized carbons (Fsp3) is 0.450. The number of ether oxygens (including phenoxy) is 1. The normalized spacial score (nSPS) is 21.4. The van der Waals surface area contributed by atoms with Crippen molar-refractivity contribution in [2.24, 2.45) is 11.8 Å². The van der Waals surface area contributed by atoms with E-state index in [4.69, 9.17) is 4.74 Å². The minimum Gasteiger partial charge on any atom is -0.497 e. The summed E-state index contributed by atoms with van der Waals surface area (Å²) in [5, 5.41) is 5.84. The van der Waals surface area contributed by atoms with E-state index in [9.17, 15) is 9.59 Å². The van der Waals surface area contributed by atoms with Crippen molar-refractivity contribution in [1.82, 2.24) is 15.2 Å². The molecule has 7 heteroatoms. The van der Waals surface area contributed by atoms with Gasteiger partial charge in [0, 0.05) is 10.9 Å². The van der Waals surface area contributed by atoms with Gasteiger partial charge in [-0.2, -0.15) is 0 Å². The summed E-state index contributed by atoms with van der Waals surface area (Å²) in [6.45, 7) is 0.228. The number of imide groups is 1. The molecule has 2 heterocycles. The van der Waals surface area contributed by atoms with Gasteiger partial charge in [0.1, 0.15) is 16.3 Å². The van der Waals surface area contributed by atoms with Gasteiger partial charge in [0.2, 0.25) is 0 Å². The van der Waals surface area contributed by atoms with Crippen LogP contribution in [0.2, 0.25) is 0 Å². The predicted molar refractivity (Wildman–Crippen MR) is 101 cm³/mol. The molecule has 0 atom stereocenters. The van der Waals surface area contributed by atoms with E-state index in [0.29, 0.717) is 11.8 Å². The fourth-order valence-corrected chi connectivity index (χ4v) is 4.96. The number of methoxy groups -OCH3 is 1. The molecule has 6 nitrogen and oxygen atoms in total. The van der Waals surface area contributed by atoms with Crippen molar-refractivity contribution >= 4 is 23.3 Å². The lowest BCUT2D eigenvalue weighted by Crippen LogP contribution is -2.51. The van der Waals surface area contributed by atoms with Crippen molar-refractivity contribution in [3.63, 3.8) is 0 Å². The van der Waals surface area contributed by atoms with Crippen molar-refractivity contribution in [1.29, 1.82) is 0 Å². The second-order valence-electron chi connectivity index (χ2n) is 7.61. The van der Waals surface area contributed by atoms with Gasteiger partial charge in [-0.1, -0.05) is 12.1 Å². The number of hydrogen-bond acceptors (Lipinski definition) is 5. The summed E-state index contributed by atoms with van der Waals surface area (Å²) in [6, 6.07) is 7.45. The number of amides is 3. The number of carbonyl (C=O) groups is 2. The number of hydrogen-bond donors (Lipinski definition) is 1. The van der Waals surface area contributed by atoms with Crippen LogP contribution in [0.15, 0.2) is 29.6 Å². The van der Waals surface area contributed by atoms with E-state index in [1.54, 1.807) is 7.11 Å². The second kappa shape index (κ2) is 6.05. The first-order chi connectivity index (χ1) is 13.1. The maximum absolute atomic E-state index is 13.2. The smallest absolute Gasteiger partial charge is 0.325 e. The highest BCUT2D eigenvalue weighted by Gasteiger charge is 2.65. The van der Waals surface area contributed by atoms with Gasteiger partial charge >= 0.3 is 6.03 Å². The molecule has 2 aliphatic carbocycles. The summed E-state index contributed by atoms with van der Waals surface area (Å²) < 4.78 is 5.27. The molecule has 140 valence electrons. The van der Waals surface area contributed by atoms with Crippen molar-refractivity contribution in [3.8, 4) is 16.3 Å². The zero-order valence-corrected chi connectivity index (χ0v) is 15.9. The molecule has 1 N–H and O–H groups in total. The minimum atomic E-state index is -0.636. The molecule has 1 aliphatic heterocycles. The van der Waals surface area contributed by atoms with Crippen LogP contribution in [0.25, 0.3) is 10.6 Å². The lowest BCUT2D eigenvalue weighted by Gasteiger charge is -2.26.